The summed E-state index contributed by atoms with van der Waals surface area (Å²) in [7, 11) is 0. The van der Waals surface area contributed by atoms with Crippen molar-refractivity contribution in [2.45, 2.75) is 6.42 Å². The molecule has 1 aromatic carbocycles. The second-order valence-corrected chi connectivity index (χ2v) is 3.37. The van der Waals surface area contributed by atoms with Gasteiger partial charge in [0, 0.05) is 12.1 Å². The maximum atomic E-state index is 11.1. The third-order valence-electron chi connectivity index (χ3n) is 1.77. The fourth-order valence-electron chi connectivity index (χ4n) is 1.05. The van der Waals surface area contributed by atoms with Gasteiger partial charge in [0.25, 0.3) is 5.69 Å². The van der Waals surface area contributed by atoms with Crippen LogP contribution in [0.5, 0.6) is 5.75 Å². The van der Waals surface area contributed by atoms with E-state index in [4.69, 9.17) is 16.9 Å². The third kappa shape index (κ3) is 3.06. The summed E-state index contributed by atoms with van der Waals surface area (Å²) in [6, 6.07) is 3.51. The number of phenols is 1. The Hall–Kier alpha value is -2.33. The zero-order chi connectivity index (χ0) is 13.0. The van der Waals surface area contributed by atoms with Crippen molar-refractivity contribution in [3.8, 4) is 11.8 Å². The number of nitrogens with zero attached hydrogens (tertiary/aromatic N) is 2. The van der Waals surface area contributed by atoms with Gasteiger partial charge in [-0.15, -0.1) is 0 Å². The van der Waals surface area contributed by atoms with E-state index >= 15 is 0 Å². The molecule has 0 saturated carbocycles. The molecule has 0 unspecified atom stereocenters. The number of halogens is 1. The van der Waals surface area contributed by atoms with Crippen molar-refractivity contribution >= 4 is 28.9 Å². The van der Waals surface area contributed by atoms with Gasteiger partial charge in [0.1, 0.15) is 6.42 Å². The van der Waals surface area contributed by atoms with Crippen LogP contribution in [0.3, 0.4) is 0 Å². The van der Waals surface area contributed by atoms with Crippen LogP contribution in [0.4, 0.5) is 11.4 Å². The standard InChI is InChI=1S/C9H6ClN3O4/c10-6-3-5(13(16)17)4-7(9(6)15)12-8(14)1-2-11/h3-4,15H,1H2,(H,12,14). The Kier molecular flexibility index (Phi) is 3.85. The molecule has 0 fully saturated rings. The first-order valence-electron chi connectivity index (χ1n) is 4.29. The minimum atomic E-state index is -0.717. The number of hydrogen-bond donors (Lipinski definition) is 2. The summed E-state index contributed by atoms with van der Waals surface area (Å²) in [6.45, 7) is 0. The molecule has 7 nitrogen and oxygen atoms in total. The zero-order valence-corrected chi connectivity index (χ0v) is 9.06. The maximum Gasteiger partial charge on any atom is 0.273 e. The van der Waals surface area contributed by atoms with Crippen LogP contribution in [-0.4, -0.2) is 15.9 Å². The molecule has 0 atom stereocenters. The molecule has 0 aromatic heterocycles. The normalized spacial score (nSPS) is 9.41. The number of rotatable bonds is 3. The molecule has 0 aliphatic carbocycles. The van der Waals surface area contributed by atoms with Crippen LogP contribution in [-0.2, 0) is 4.79 Å². The maximum absolute atomic E-state index is 11.1. The fraction of sp³-hybridized carbons (Fsp3) is 0.111. The van der Waals surface area contributed by atoms with E-state index in [1.54, 1.807) is 6.07 Å². The van der Waals surface area contributed by atoms with Crippen molar-refractivity contribution in [1.29, 1.82) is 5.26 Å². The van der Waals surface area contributed by atoms with E-state index in [9.17, 15) is 20.0 Å². The molecule has 1 aromatic rings. The molecule has 0 saturated heterocycles. The van der Waals surface area contributed by atoms with Crippen molar-refractivity contribution < 1.29 is 14.8 Å². The molecule has 8 heteroatoms. The molecular formula is C9H6ClN3O4. The number of nitriles is 1. The van der Waals surface area contributed by atoms with Crippen LogP contribution in [0.1, 0.15) is 6.42 Å². The number of nitro groups is 1. The highest BCUT2D eigenvalue weighted by Gasteiger charge is 2.16. The van der Waals surface area contributed by atoms with Crippen LogP contribution in [0.15, 0.2) is 12.1 Å². The Balaban J connectivity index is 3.10. The van der Waals surface area contributed by atoms with Crippen LogP contribution < -0.4 is 5.32 Å². The number of non-ortho nitro benzene ring substituents is 1. The number of nitrogens with one attached hydrogen (secondary N) is 1. The van der Waals surface area contributed by atoms with E-state index < -0.39 is 23.0 Å². The van der Waals surface area contributed by atoms with Crippen molar-refractivity contribution in [1.82, 2.24) is 0 Å². The summed E-state index contributed by atoms with van der Waals surface area (Å²) in [6.07, 6.45) is -0.431. The predicted molar refractivity (Wildman–Crippen MR) is 58.6 cm³/mol. The van der Waals surface area contributed by atoms with E-state index in [1.807, 2.05) is 0 Å². The van der Waals surface area contributed by atoms with Gasteiger partial charge in [-0.05, 0) is 0 Å². The van der Waals surface area contributed by atoms with Gasteiger partial charge in [-0.3, -0.25) is 14.9 Å². The highest BCUT2D eigenvalue weighted by molar-refractivity contribution is 6.32. The first-order chi connectivity index (χ1) is 7.95. The average Bonchev–Trinajstić information content (AvgIpc) is 2.24. The average molecular weight is 256 g/mol. The highest BCUT2D eigenvalue weighted by atomic mass is 35.5. The van der Waals surface area contributed by atoms with Crippen LogP contribution in [0, 0.1) is 21.4 Å². The van der Waals surface area contributed by atoms with Crippen LogP contribution in [0.25, 0.3) is 0 Å². The topological polar surface area (TPSA) is 116 Å². The Morgan fingerprint density at radius 1 is 1.65 bits per heavy atom. The highest BCUT2D eigenvalue weighted by Crippen LogP contribution is 2.35. The SMILES string of the molecule is N#CCC(=O)Nc1cc([N+](=O)[O-])cc(Cl)c1O. The van der Waals surface area contributed by atoms with Crippen molar-refractivity contribution in [3.63, 3.8) is 0 Å². The lowest BCUT2D eigenvalue weighted by Crippen LogP contribution is -2.10. The van der Waals surface area contributed by atoms with Crippen molar-refractivity contribution in [3.05, 3.63) is 27.3 Å². The van der Waals surface area contributed by atoms with Gasteiger partial charge < -0.3 is 10.4 Å². The van der Waals surface area contributed by atoms with E-state index in [1.165, 1.54) is 0 Å². The predicted octanol–water partition coefficient (Wildman–Crippen LogP) is 1.81. The third-order valence-corrected chi connectivity index (χ3v) is 2.06. The van der Waals surface area contributed by atoms with Gasteiger partial charge >= 0.3 is 0 Å². The van der Waals surface area contributed by atoms with Gasteiger partial charge in [-0.2, -0.15) is 5.26 Å². The van der Waals surface area contributed by atoms with Crippen LogP contribution >= 0.6 is 11.6 Å². The number of benzene rings is 1. The molecule has 2 N–H and O–H groups in total. The molecule has 0 aliphatic rings. The van der Waals surface area contributed by atoms with Gasteiger partial charge in [0.05, 0.1) is 21.7 Å². The molecule has 17 heavy (non-hydrogen) atoms. The number of anilines is 1. The summed E-state index contributed by atoms with van der Waals surface area (Å²) in [5, 5.41) is 30.2. The largest absolute Gasteiger partial charge is 0.504 e. The molecule has 0 bridgehead atoms. The molecular weight excluding hydrogens is 250 g/mol. The lowest BCUT2D eigenvalue weighted by molar-refractivity contribution is -0.384. The van der Waals surface area contributed by atoms with E-state index in [0.717, 1.165) is 12.1 Å². The number of phenolic OH excluding ortho intramolecular Hbond substituents is 1. The molecule has 0 aliphatic heterocycles. The Bertz CT molecular complexity index is 524. The molecule has 1 rings (SSSR count). The lowest BCUT2D eigenvalue weighted by Gasteiger charge is -2.06. The van der Waals surface area contributed by atoms with E-state index in [2.05, 4.69) is 5.32 Å². The summed E-state index contributed by atoms with van der Waals surface area (Å²) in [4.78, 5) is 20.9. The summed E-state index contributed by atoms with van der Waals surface area (Å²) in [5.74, 6) is -1.18. The second-order valence-electron chi connectivity index (χ2n) is 2.96. The summed E-state index contributed by atoms with van der Waals surface area (Å²) in [5.41, 5.74) is -0.579. The molecule has 1 amide bonds. The van der Waals surface area contributed by atoms with Gasteiger partial charge in [0.2, 0.25) is 5.91 Å². The van der Waals surface area contributed by atoms with E-state index in [-0.39, 0.29) is 16.4 Å². The van der Waals surface area contributed by atoms with Crippen molar-refractivity contribution in [2.24, 2.45) is 0 Å². The molecule has 0 spiro atoms. The van der Waals surface area contributed by atoms with Crippen LogP contribution in [0.2, 0.25) is 5.02 Å². The fourth-order valence-corrected chi connectivity index (χ4v) is 1.27. The minimum absolute atomic E-state index is 0.204. The first kappa shape index (κ1) is 12.7. The monoisotopic (exact) mass is 255 g/mol. The Labute approximate surface area is 100 Å². The number of carbonyl (C=O) groups excluding carboxylic acids is 1. The van der Waals surface area contributed by atoms with Crippen molar-refractivity contribution in [2.75, 3.05) is 5.32 Å². The summed E-state index contributed by atoms with van der Waals surface area (Å²) < 4.78 is 0. The molecule has 88 valence electrons. The minimum Gasteiger partial charge on any atom is -0.504 e. The number of nitro benzene ring substituents is 1. The molecule has 0 radical (unpaired) electrons. The molecule has 0 heterocycles. The van der Waals surface area contributed by atoms with E-state index in [0.29, 0.717) is 0 Å². The first-order valence-corrected chi connectivity index (χ1v) is 4.67. The van der Waals surface area contributed by atoms with Gasteiger partial charge in [0.15, 0.2) is 5.75 Å². The quantitative estimate of drug-likeness (QED) is 0.485. The second kappa shape index (κ2) is 5.14. The Morgan fingerprint density at radius 2 is 2.29 bits per heavy atom. The van der Waals surface area contributed by atoms with Gasteiger partial charge in [-0.25, -0.2) is 0 Å². The summed E-state index contributed by atoms with van der Waals surface area (Å²) >= 11 is 5.55. The number of hydrogen-bond acceptors (Lipinski definition) is 5. The smallest absolute Gasteiger partial charge is 0.273 e. The number of carbonyl (C=O) groups is 1. The Morgan fingerprint density at radius 3 is 2.82 bits per heavy atom. The number of aromatic hydroxyl groups is 1. The zero-order valence-electron chi connectivity index (χ0n) is 8.31. The van der Waals surface area contributed by atoms with Gasteiger partial charge in [-0.1, -0.05) is 11.6 Å². The lowest BCUT2D eigenvalue weighted by atomic mass is 10.2. The number of amides is 1.